The second-order valence-corrected chi connectivity index (χ2v) is 9.95. The van der Waals surface area contributed by atoms with Gasteiger partial charge in [-0.1, -0.05) is 42.8 Å². The number of fused-ring (bicyclic) bond motifs is 4. The van der Waals surface area contributed by atoms with Crippen LogP contribution in [-0.4, -0.2) is 20.4 Å². The molecule has 4 N–H and O–H groups in total. The summed E-state index contributed by atoms with van der Waals surface area (Å²) in [6.45, 7) is 2.18. The normalized spacial score (nSPS) is 19.1. The Morgan fingerprint density at radius 3 is 2.81 bits per heavy atom. The number of benzene rings is 2. The number of para-hydroxylation sites is 1. The number of allylic oxidation sites excluding steroid dienone is 4. The van der Waals surface area contributed by atoms with E-state index in [-0.39, 0.29) is 10.9 Å². The molecule has 36 heavy (non-hydrogen) atoms. The molecule has 7 nitrogen and oxygen atoms in total. The number of rotatable bonds is 3. The van der Waals surface area contributed by atoms with E-state index in [1.165, 1.54) is 24.3 Å². The van der Waals surface area contributed by atoms with Crippen molar-refractivity contribution in [1.82, 2.24) is 14.5 Å². The van der Waals surface area contributed by atoms with Gasteiger partial charge in [-0.2, -0.15) is 0 Å². The van der Waals surface area contributed by atoms with E-state index in [1.807, 2.05) is 6.08 Å². The molecule has 0 radical (unpaired) electrons. The van der Waals surface area contributed by atoms with Crippen molar-refractivity contribution in [3.63, 3.8) is 0 Å². The molecular formula is C27H22ClFN4O3. The number of nitrogens with two attached hydrogens (primary N) is 1. The molecule has 2 atom stereocenters. The van der Waals surface area contributed by atoms with Gasteiger partial charge in [-0.3, -0.25) is 9.59 Å². The van der Waals surface area contributed by atoms with Gasteiger partial charge < -0.3 is 15.7 Å². The zero-order valence-corrected chi connectivity index (χ0v) is 20.1. The molecule has 0 saturated heterocycles. The van der Waals surface area contributed by atoms with Crippen LogP contribution < -0.4 is 17.0 Å². The summed E-state index contributed by atoms with van der Waals surface area (Å²) in [5, 5.41) is 1.16. The number of nitrogens with one attached hydrogen (secondary N) is 2. The molecule has 4 aromatic rings. The van der Waals surface area contributed by atoms with Crippen molar-refractivity contribution in [2.75, 3.05) is 0 Å². The van der Waals surface area contributed by atoms with Gasteiger partial charge in [-0.05, 0) is 54.5 Å². The number of carbonyl (C=O) groups is 1. The van der Waals surface area contributed by atoms with E-state index in [2.05, 4.69) is 16.9 Å². The van der Waals surface area contributed by atoms with Crippen molar-refractivity contribution in [2.45, 2.75) is 32.2 Å². The molecule has 9 heteroatoms. The van der Waals surface area contributed by atoms with E-state index in [0.29, 0.717) is 33.2 Å². The SMILES string of the molecule is C[C@H]1CCc2c([nH]c3c(C(N)=O)cc(Cl)c(C4=CC=CC4n4c(=O)[nH]c5c(F)cccc5c4=O)c23)C1. The Labute approximate surface area is 209 Å². The molecule has 1 unspecified atom stereocenters. The molecular weight excluding hydrogens is 483 g/mol. The van der Waals surface area contributed by atoms with Gasteiger partial charge in [0.25, 0.3) is 11.5 Å². The Morgan fingerprint density at radius 2 is 2.03 bits per heavy atom. The molecule has 1 amide bonds. The number of carbonyl (C=O) groups excluding carboxylic acids is 1. The van der Waals surface area contributed by atoms with Crippen LogP contribution in [0.4, 0.5) is 4.39 Å². The van der Waals surface area contributed by atoms with Gasteiger partial charge in [0.05, 0.1) is 28.0 Å². The third kappa shape index (κ3) is 3.21. The van der Waals surface area contributed by atoms with E-state index in [0.717, 1.165) is 40.5 Å². The van der Waals surface area contributed by atoms with E-state index < -0.39 is 29.0 Å². The minimum absolute atomic E-state index is 0.0718. The third-order valence-corrected chi connectivity index (χ3v) is 7.59. The molecule has 0 fully saturated rings. The topological polar surface area (TPSA) is 114 Å². The van der Waals surface area contributed by atoms with Gasteiger partial charge in [0, 0.05) is 21.7 Å². The van der Waals surface area contributed by atoms with Crippen molar-refractivity contribution in [2.24, 2.45) is 11.7 Å². The minimum atomic E-state index is -0.776. The fourth-order valence-corrected chi connectivity index (χ4v) is 5.93. The van der Waals surface area contributed by atoms with Gasteiger partial charge in [0.15, 0.2) is 0 Å². The van der Waals surface area contributed by atoms with E-state index in [1.54, 1.807) is 12.2 Å². The highest BCUT2D eigenvalue weighted by molar-refractivity contribution is 6.35. The van der Waals surface area contributed by atoms with Crippen LogP contribution in [0.1, 0.15) is 46.6 Å². The summed E-state index contributed by atoms with van der Waals surface area (Å²) in [6.07, 6.45) is 7.89. The summed E-state index contributed by atoms with van der Waals surface area (Å²) in [7, 11) is 0. The predicted molar refractivity (Wildman–Crippen MR) is 138 cm³/mol. The first-order valence-corrected chi connectivity index (χ1v) is 12.1. The second-order valence-electron chi connectivity index (χ2n) is 9.54. The standard InChI is InChI=1S/C27H22ClFN4O3/c1-12-8-9-13-19(10-12)31-24-16(25(30)34)11-17(28)21(22(13)24)14-4-3-7-20(14)33-26(35)15-5-2-6-18(29)23(15)32-27(33)36/h2-7,11-12,20,31H,8-10H2,1H3,(H2,30,34)(H,32,36)/t12-,20?/m0/s1. The zero-order valence-electron chi connectivity index (χ0n) is 19.3. The number of H-pyrrole nitrogens is 2. The maximum absolute atomic E-state index is 14.3. The predicted octanol–water partition coefficient (Wildman–Crippen LogP) is 4.38. The lowest BCUT2D eigenvalue weighted by molar-refractivity contribution is 0.100. The molecule has 2 aromatic heterocycles. The number of aryl methyl sites for hydroxylation is 1. The van der Waals surface area contributed by atoms with Crippen LogP contribution in [0.3, 0.4) is 0 Å². The van der Waals surface area contributed by atoms with Crippen LogP contribution in [-0.2, 0) is 12.8 Å². The molecule has 0 spiro atoms. The third-order valence-electron chi connectivity index (χ3n) is 7.29. The van der Waals surface area contributed by atoms with Crippen LogP contribution >= 0.6 is 11.6 Å². The first-order valence-electron chi connectivity index (χ1n) is 11.7. The van der Waals surface area contributed by atoms with Crippen LogP contribution in [0.5, 0.6) is 0 Å². The number of aromatic amines is 2. The number of amides is 1. The number of hydrogen-bond donors (Lipinski definition) is 3. The van der Waals surface area contributed by atoms with Crippen molar-refractivity contribution in [1.29, 1.82) is 0 Å². The highest BCUT2D eigenvalue weighted by Crippen LogP contribution is 2.44. The van der Waals surface area contributed by atoms with Crippen molar-refractivity contribution in [3.8, 4) is 0 Å². The minimum Gasteiger partial charge on any atom is -0.366 e. The van der Waals surface area contributed by atoms with Gasteiger partial charge >= 0.3 is 5.69 Å². The van der Waals surface area contributed by atoms with Crippen molar-refractivity contribution >= 4 is 44.9 Å². The molecule has 2 aliphatic carbocycles. The summed E-state index contributed by atoms with van der Waals surface area (Å²) < 4.78 is 15.3. The molecule has 2 aliphatic rings. The number of halogens is 2. The summed E-state index contributed by atoms with van der Waals surface area (Å²) in [6, 6.07) is 4.86. The van der Waals surface area contributed by atoms with Gasteiger partial charge in [-0.15, -0.1) is 0 Å². The molecule has 2 aromatic carbocycles. The maximum Gasteiger partial charge on any atom is 0.329 e. The monoisotopic (exact) mass is 504 g/mol. The number of primary amides is 1. The maximum atomic E-state index is 14.3. The largest absolute Gasteiger partial charge is 0.366 e. The summed E-state index contributed by atoms with van der Waals surface area (Å²) >= 11 is 6.80. The zero-order chi connectivity index (χ0) is 25.3. The lowest BCUT2D eigenvalue weighted by atomic mass is 9.85. The van der Waals surface area contributed by atoms with Crippen LogP contribution in [0.15, 0.2) is 52.1 Å². The van der Waals surface area contributed by atoms with Crippen LogP contribution in [0.2, 0.25) is 5.02 Å². The Kier molecular flexibility index (Phi) is 5.05. The van der Waals surface area contributed by atoms with Gasteiger partial charge in [0.2, 0.25) is 0 Å². The number of aromatic nitrogens is 3. The Bertz CT molecular complexity index is 1790. The van der Waals surface area contributed by atoms with Crippen LogP contribution in [0.25, 0.3) is 27.4 Å². The highest BCUT2D eigenvalue weighted by atomic mass is 35.5. The molecule has 2 heterocycles. The molecule has 0 saturated carbocycles. The molecule has 0 aliphatic heterocycles. The average Bonchev–Trinajstić information content (AvgIpc) is 3.44. The quantitative estimate of drug-likeness (QED) is 0.384. The summed E-state index contributed by atoms with van der Waals surface area (Å²) in [4.78, 5) is 44.7. The lowest BCUT2D eigenvalue weighted by Crippen LogP contribution is -2.37. The second kappa shape index (κ2) is 8.06. The number of nitrogens with zero attached hydrogens (tertiary/aromatic N) is 1. The van der Waals surface area contributed by atoms with E-state index in [9.17, 15) is 18.8 Å². The first-order chi connectivity index (χ1) is 17.3. The Hall–Kier alpha value is -3.91. The summed E-state index contributed by atoms with van der Waals surface area (Å²) in [5.41, 5.74) is 8.50. The first kappa shape index (κ1) is 22.5. The Balaban J connectivity index is 1.62. The molecule has 0 bridgehead atoms. The van der Waals surface area contributed by atoms with Gasteiger partial charge in [-0.25, -0.2) is 13.8 Å². The highest BCUT2D eigenvalue weighted by Gasteiger charge is 2.31. The Morgan fingerprint density at radius 1 is 1.22 bits per heavy atom. The smallest absolute Gasteiger partial charge is 0.329 e. The average molecular weight is 505 g/mol. The number of hydrogen-bond acceptors (Lipinski definition) is 3. The van der Waals surface area contributed by atoms with Crippen LogP contribution in [0, 0.1) is 11.7 Å². The fraction of sp³-hybridized carbons (Fsp3) is 0.222. The fourth-order valence-electron chi connectivity index (χ4n) is 5.62. The lowest BCUT2D eigenvalue weighted by Gasteiger charge is -2.21. The summed E-state index contributed by atoms with van der Waals surface area (Å²) in [5.74, 6) is -0.789. The molecule has 182 valence electrons. The van der Waals surface area contributed by atoms with Crippen molar-refractivity contribution < 1.29 is 9.18 Å². The van der Waals surface area contributed by atoms with E-state index in [4.69, 9.17) is 17.3 Å². The molecule has 6 rings (SSSR count). The van der Waals surface area contributed by atoms with Crippen molar-refractivity contribution in [3.05, 3.63) is 96.6 Å². The van der Waals surface area contributed by atoms with Gasteiger partial charge in [0.1, 0.15) is 5.82 Å². The van der Waals surface area contributed by atoms with E-state index >= 15 is 0 Å².